The topological polar surface area (TPSA) is 127 Å². The van der Waals surface area contributed by atoms with Crippen LogP contribution >= 0.6 is 0 Å². The second-order valence-electron chi connectivity index (χ2n) is 3.39. The summed E-state index contributed by atoms with van der Waals surface area (Å²) in [6, 6.07) is -1.05. The van der Waals surface area contributed by atoms with Crippen LogP contribution in [0.25, 0.3) is 0 Å². The van der Waals surface area contributed by atoms with E-state index in [1.54, 1.807) is 0 Å². The molecule has 0 saturated heterocycles. The second-order valence-corrected chi connectivity index (χ2v) is 3.39. The molecule has 0 aromatic heterocycles. The number of nitrogens with two attached hydrogens (primary N) is 1. The number of aliphatic hydroxyl groups is 5. The van der Waals surface area contributed by atoms with E-state index in [-0.39, 0.29) is 0 Å². The first-order chi connectivity index (χ1) is 6.00. The van der Waals surface area contributed by atoms with Crippen molar-refractivity contribution in [2.24, 2.45) is 11.7 Å². The van der Waals surface area contributed by atoms with Crippen molar-refractivity contribution in [2.45, 2.75) is 30.5 Å². The SMILES string of the molecule is N[C@@H]1[C@H](O)[C@@H](O)[C@H](O)[C@@H](CO)[C@H]1O. The summed E-state index contributed by atoms with van der Waals surface area (Å²) in [6.07, 6.45) is -5.35. The van der Waals surface area contributed by atoms with Crippen molar-refractivity contribution in [3.63, 3.8) is 0 Å². The van der Waals surface area contributed by atoms with Crippen molar-refractivity contribution in [3.05, 3.63) is 0 Å². The Labute approximate surface area is 75.2 Å². The molecular formula is C7H15NO5. The van der Waals surface area contributed by atoms with E-state index in [0.717, 1.165) is 0 Å². The standard InChI is InChI=1S/C7H15NO5/c8-3-4(10)2(1-9)5(11)7(13)6(3)12/h2-7,9-13H,1,8H2/t2-,3-,4+,5+,6-,7-/m0/s1. The van der Waals surface area contributed by atoms with Gasteiger partial charge in [-0.1, -0.05) is 0 Å². The average Bonchev–Trinajstić information content (AvgIpc) is 2.13. The van der Waals surface area contributed by atoms with Crippen molar-refractivity contribution in [2.75, 3.05) is 6.61 Å². The quantitative estimate of drug-likeness (QED) is 0.255. The molecule has 1 aliphatic carbocycles. The molecule has 1 saturated carbocycles. The predicted molar refractivity (Wildman–Crippen MR) is 42.6 cm³/mol. The third-order valence-corrected chi connectivity index (χ3v) is 2.58. The fraction of sp³-hybridized carbons (Fsp3) is 1.00. The average molecular weight is 193 g/mol. The first-order valence-corrected chi connectivity index (χ1v) is 4.09. The van der Waals surface area contributed by atoms with Gasteiger partial charge in [-0.2, -0.15) is 0 Å². The summed E-state index contributed by atoms with van der Waals surface area (Å²) in [5.41, 5.74) is 5.36. The normalized spacial score (nSPS) is 52.2. The van der Waals surface area contributed by atoms with E-state index >= 15 is 0 Å². The summed E-state index contributed by atoms with van der Waals surface area (Å²) in [7, 11) is 0. The van der Waals surface area contributed by atoms with Crippen LogP contribution in [0.4, 0.5) is 0 Å². The maximum atomic E-state index is 9.38. The Morgan fingerprint density at radius 2 is 1.38 bits per heavy atom. The lowest BCUT2D eigenvalue weighted by molar-refractivity contribution is -0.167. The Balaban J connectivity index is 2.79. The van der Waals surface area contributed by atoms with Gasteiger partial charge in [0.1, 0.15) is 12.2 Å². The summed E-state index contributed by atoms with van der Waals surface area (Å²) in [5, 5.41) is 45.9. The van der Waals surface area contributed by atoms with Gasteiger partial charge in [-0.3, -0.25) is 0 Å². The van der Waals surface area contributed by atoms with Gasteiger partial charge in [-0.05, 0) is 0 Å². The van der Waals surface area contributed by atoms with Crippen molar-refractivity contribution < 1.29 is 25.5 Å². The lowest BCUT2D eigenvalue weighted by Gasteiger charge is -2.41. The van der Waals surface area contributed by atoms with Crippen molar-refractivity contribution in [1.82, 2.24) is 0 Å². The Kier molecular flexibility index (Phi) is 3.23. The monoisotopic (exact) mass is 193 g/mol. The molecule has 6 atom stereocenters. The molecule has 0 aromatic carbocycles. The van der Waals surface area contributed by atoms with Gasteiger partial charge in [-0.25, -0.2) is 0 Å². The highest BCUT2D eigenvalue weighted by atomic mass is 16.4. The van der Waals surface area contributed by atoms with E-state index in [0.29, 0.717) is 0 Å². The highest BCUT2D eigenvalue weighted by molar-refractivity contribution is 4.99. The van der Waals surface area contributed by atoms with Gasteiger partial charge in [0.05, 0.1) is 24.9 Å². The second kappa shape index (κ2) is 3.87. The minimum absolute atomic E-state index is 0.486. The van der Waals surface area contributed by atoms with E-state index in [9.17, 15) is 20.4 Å². The van der Waals surface area contributed by atoms with E-state index in [2.05, 4.69) is 0 Å². The van der Waals surface area contributed by atoms with E-state index < -0.39 is 43.0 Å². The molecule has 0 bridgehead atoms. The van der Waals surface area contributed by atoms with Gasteiger partial charge in [0.25, 0.3) is 0 Å². The summed E-state index contributed by atoms with van der Waals surface area (Å²) in [6.45, 7) is -0.486. The summed E-state index contributed by atoms with van der Waals surface area (Å²) < 4.78 is 0. The number of aliphatic hydroxyl groups excluding tert-OH is 5. The first kappa shape index (κ1) is 10.8. The summed E-state index contributed by atoms with van der Waals surface area (Å²) in [4.78, 5) is 0. The van der Waals surface area contributed by atoms with Crippen molar-refractivity contribution >= 4 is 0 Å². The zero-order chi connectivity index (χ0) is 10.2. The lowest BCUT2D eigenvalue weighted by atomic mass is 9.78. The van der Waals surface area contributed by atoms with Crippen LogP contribution in [-0.4, -0.2) is 62.6 Å². The Morgan fingerprint density at radius 1 is 0.846 bits per heavy atom. The minimum atomic E-state index is -1.42. The van der Waals surface area contributed by atoms with Crippen LogP contribution in [0.5, 0.6) is 0 Å². The van der Waals surface area contributed by atoms with Gasteiger partial charge in [0, 0.05) is 5.92 Å². The lowest BCUT2D eigenvalue weighted by Crippen LogP contribution is -2.64. The third-order valence-electron chi connectivity index (χ3n) is 2.58. The van der Waals surface area contributed by atoms with Gasteiger partial charge in [-0.15, -0.1) is 0 Å². The third kappa shape index (κ3) is 1.69. The van der Waals surface area contributed by atoms with E-state index in [1.807, 2.05) is 0 Å². The summed E-state index contributed by atoms with van der Waals surface area (Å²) in [5.74, 6) is -0.909. The van der Waals surface area contributed by atoms with Gasteiger partial charge >= 0.3 is 0 Å². The van der Waals surface area contributed by atoms with Crippen molar-refractivity contribution in [3.8, 4) is 0 Å². The van der Waals surface area contributed by atoms with E-state index in [4.69, 9.17) is 10.8 Å². The Bertz CT molecular complexity index is 162. The molecule has 0 heterocycles. The molecule has 1 aliphatic rings. The highest BCUT2D eigenvalue weighted by Crippen LogP contribution is 2.24. The molecular weight excluding hydrogens is 178 g/mol. The molecule has 0 spiro atoms. The molecule has 7 N–H and O–H groups in total. The molecule has 6 heteroatoms. The minimum Gasteiger partial charge on any atom is -0.396 e. The van der Waals surface area contributed by atoms with Crippen LogP contribution in [0.3, 0.4) is 0 Å². The Hall–Kier alpha value is -0.240. The molecule has 6 nitrogen and oxygen atoms in total. The van der Waals surface area contributed by atoms with Crippen LogP contribution in [0.2, 0.25) is 0 Å². The zero-order valence-corrected chi connectivity index (χ0v) is 6.98. The predicted octanol–water partition coefficient (Wildman–Crippen LogP) is -3.62. The fourth-order valence-electron chi connectivity index (χ4n) is 1.59. The van der Waals surface area contributed by atoms with Gasteiger partial charge < -0.3 is 31.3 Å². The molecule has 0 radical (unpaired) electrons. The highest BCUT2D eigenvalue weighted by Gasteiger charge is 2.46. The fourth-order valence-corrected chi connectivity index (χ4v) is 1.59. The van der Waals surface area contributed by atoms with Gasteiger partial charge in [0.15, 0.2) is 0 Å². The zero-order valence-electron chi connectivity index (χ0n) is 6.98. The van der Waals surface area contributed by atoms with Crippen LogP contribution in [-0.2, 0) is 0 Å². The maximum absolute atomic E-state index is 9.38. The molecule has 1 rings (SSSR count). The van der Waals surface area contributed by atoms with Crippen LogP contribution < -0.4 is 5.73 Å². The molecule has 0 amide bonds. The van der Waals surface area contributed by atoms with E-state index in [1.165, 1.54) is 0 Å². The molecule has 78 valence electrons. The summed E-state index contributed by atoms with van der Waals surface area (Å²) >= 11 is 0. The molecule has 0 aromatic rings. The van der Waals surface area contributed by atoms with Gasteiger partial charge in [0.2, 0.25) is 0 Å². The molecule has 1 fully saturated rings. The smallest absolute Gasteiger partial charge is 0.108 e. The van der Waals surface area contributed by atoms with Crippen LogP contribution in [0.1, 0.15) is 0 Å². The van der Waals surface area contributed by atoms with Crippen LogP contribution in [0.15, 0.2) is 0 Å². The molecule has 0 aliphatic heterocycles. The molecule has 13 heavy (non-hydrogen) atoms. The first-order valence-electron chi connectivity index (χ1n) is 4.09. The van der Waals surface area contributed by atoms with Crippen LogP contribution in [0, 0.1) is 5.92 Å². The maximum Gasteiger partial charge on any atom is 0.108 e. The number of hydrogen-bond acceptors (Lipinski definition) is 6. The van der Waals surface area contributed by atoms with Crippen molar-refractivity contribution in [1.29, 1.82) is 0 Å². The molecule has 0 unspecified atom stereocenters. The largest absolute Gasteiger partial charge is 0.396 e. The number of rotatable bonds is 1. The Morgan fingerprint density at radius 3 is 1.85 bits per heavy atom. The number of hydrogen-bond donors (Lipinski definition) is 6.